The second kappa shape index (κ2) is 6.23. The number of fused-ring (bicyclic) bond motifs is 3. The maximum absolute atomic E-state index is 12.2. The van der Waals surface area contributed by atoms with Crippen LogP contribution in [0.15, 0.2) is 0 Å². The Labute approximate surface area is 149 Å². The van der Waals surface area contributed by atoms with Gasteiger partial charge in [-0.3, -0.25) is 4.79 Å². The van der Waals surface area contributed by atoms with Crippen LogP contribution in [0.3, 0.4) is 0 Å². The zero-order chi connectivity index (χ0) is 18.5. The van der Waals surface area contributed by atoms with Gasteiger partial charge in [0.15, 0.2) is 12.9 Å². The molecule has 1 N–H and O–H groups in total. The second-order valence-corrected chi connectivity index (χ2v) is 8.84. The first kappa shape index (κ1) is 18.6. The van der Waals surface area contributed by atoms with E-state index in [2.05, 4.69) is 0 Å². The minimum absolute atomic E-state index is 0.159. The lowest BCUT2D eigenvalue weighted by molar-refractivity contribution is -0.184. The lowest BCUT2D eigenvalue weighted by atomic mass is 9.67. The molecule has 0 aromatic rings. The molecule has 25 heavy (non-hydrogen) atoms. The molecule has 0 aromatic heterocycles. The molecule has 0 amide bonds. The van der Waals surface area contributed by atoms with Crippen LogP contribution >= 0.6 is 0 Å². The summed E-state index contributed by atoms with van der Waals surface area (Å²) in [5.74, 6) is -0.335. The number of hydrogen-bond donors (Lipinski definition) is 1. The average molecular weight is 354 g/mol. The maximum atomic E-state index is 12.2. The topological polar surface area (TPSA) is 82.1 Å². The van der Waals surface area contributed by atoms with Gasteiger partial charge >= 0.3 is 11.9 Å². The highest BCUT2D eigenvalue weighted by atomic mass is 16.6. The van der Waals surface area contributed by atoms with E-state index in [1.54, 1.807) is 13.8 Å². The van der Waals surface area contributed by atoms with Crippen LogP contribution in [0.2, 0.25) is 0 Å². The van der Waals surface area contributed by atoms with Gasteiger partial charge in [0.25, 0.3) is 0 Å². The predicted molar refractivity (Wildman–Crippen MR) is 89.4 cm³/mol. The highest BCUT2D eigenvalue weighted by Crippen LogP contribution is 2.65. The molecule has 5 unspecified atom stereocenters. The normalized spacial score (nSPS) is 39.8. The second-order valence-electron chi connectivity index (χ2n) is 8.84. The Morgan fingerprint density at radius 2 is 2.00 bits per heavy atom. The van der Waals surface area contributed by atoms with Gasteiger partial charge in [-0.25, -0.2) is 4.79 Å². The van der Waals surface area contributed by atoms with E-state index in [1.807, 2.05) is 13.8 Å². The molecular formula is C19H30O6. The SMILES string of the molecule is CCC(C)(C)C(=O)OCC(=O)OC1(C)CC2CC1CC21CCOC1O. The number of aliphatic hydroxyl groups is 1. The summed E-state index contributed by atoms with van der Waals surface area (Å²) >= 11 is 0. The first-order chi connectivity index (χ1) is 11.6. The molecule has 0 radical (unpaired) electrons. The van der Waals surface area contributed by atoms with Crippen LogP contribution in [0.1, 0.15) is 59.8 Å². The molecule has 142 valence electrons. The van der Waals surface area contributed by atoms with Gasteiger partial charge < -0.3 is 19.3 Å². The number of carbonyl (C=O) groups excluding carboxylic acids is 2. The van der Waals surface area contributed by atoms with E-state index in [-0.39, 0.29) is 23.9 Å². The molecule has 1 aliphatic heterocycles. The van der Waals surface area contributed by atoms with Gasteiger partial charge in [-0.15, -0.1) is 0 Å². The first-order valence-corrected chi connectivity index (χ1v) is 9.32. The summed E-state index contributed by atoms with van der Waals surface area (Å²) < 4.78 is 16.3. The molecule has 1 heterocycles. The van der Waals surface area contributed by atoms with Crippen LogP contribution in [0.25, 0.3) is 0 Å². The first-order valence-electron chi connectivity index (χ1n) is 9.32. The van der Waals surface area contributed by atoms with Crippen molar-refractivity contribution in [2.75, 3.05) is 13.2 Å². The molecule has 2 saturated carbocycles. The fraction of sp³-hybridized carbons (Fsp3) is 0.895. The van der Waals surface area contributed by atoms with E-state index in [1.165, 1.54) is 0 Å². The zero-order valence-corrected chi connectivity index (χ0v) is 15.7. The Kier molecular flexibility index (Phi) is 4.65. The molecule has 2 bridgehead atoms. The molecule has 5 atom stereocenters. The number of esters is 2. The third-order valence-electron chi connectivity index (χ3n) is 6.96. The highest BCUT2D eigenvalue weighted by molar-refractivity contribution is 5.80. The maximum Gasteiger partial charge on any atom is 0.344 e. The summed E-state index contributed by atoms with van der Waals surface area (Å²) in [7, 11) is 0. The Balaban J connectivity index is 1.54. The lowest BCUT2D eigenvalue weighted by Gasteiger charge is -2.42. The largest absolute Gasteiger partial charge is 0.457 e. The van der Waals surface area contributed by atoms with Crippen molar-refractivity contribution in [2.24, 2.45) is 22.7 Å². The summed E-state index contributed by atoms with van der Waals surface area (Å²) in [5, 5.41) is 10.2. The van der Waals surface area contributed by atoms with Crippen LogP contribution in [0, 0.1) is 22.7 Å². The summed E-state index contributed by atoms with van der Waals surface area (Å²) in [4.78, 5) is 24.2. The molecule has 1 saturated heterocycles. The molecule has 2 aliphatic carbocycles. The van der Waals surface area contributed by atoms with Crippen molar-refractivity contribution in [2.45, 2.75) is 71.7 Å². The Bertz CT molecular complexity index is 558. The van der Waals surface area contributed by atoms with Crippen molar-refractivity contribution in [3.05, 3.63) is 0 Å². The number of carbonyl (C=O) groups is 2. The molecule has 0 aromatic carbocycles. The highest BCUT2D eigenvalue weighted by Gasteiger charge is 2.65. The Morgan fingerprint density at radius 1 is 1.28 bits per heavy atom. The van der Waals surface area contributed by atoms with Crippen molar-refractivity contribution >= 4 is 11.9 Å². The number of hydrogen-bond acceptors (Lipinski definition) is 6. The van der Waals surface area contributed by atoms with Crippen LogP contribution in [0.4, 0.5) is 0 Å². The molecular weight excluding hydrogens is 324 g/mol. The average Bonchev–Trinajstić information content (AvgIpc) is 3.19. The van der Waals surface area contributed by atoms with E-state index in [0.717, 1.165) is 25.7 Å². The zero-order valence-electron chi connectivity index (χ0n) is 15.7. The fourth-order valence-electron chi connectivity index (χ4n) is 4.83. The minimum atomic E-state index is -0.694. The van der Waals surface area contributed by atoms with Crippen LogP contribution in [-0.2, 0) is 23.8 Å². The number of rotatable bonds is 5. The van der Waals surface area contributed by atoms with Crippen LogP contribution < -0.4 is 0 Å². The standard InChI is InChI=1S/C19H30O6/c1-5-17(2,3)15(21)24-11-14(20)25-18(4)9-13-8-12(18)10-19(13)6-7-23-16(19)22/h12-13,16,22H,5-11H2,1-4H3. The molecule has 3 aliphatic rings. The summed E-state index contributed by atoms with van der Waals surface area (Å²) in [5.41, 5.74) is -1.29. The third kappa shape index (κ3) is 3.08. The van der Waals surface area contributed by atoms with Gasteiger partial charge in [0.1, 0.15) is 5.60 Å². The smallest absolute Gasteiger partial charge is 0.344 e. The number of ether oxygens (including phenoxy) is 3. The minimum Gasteiger partial charge on any atom is -0.457 e. The predicted octanol–water partition coefficient (Wildman–Crippen LogP) is 2.42. The van der Waals surface area contributed by atoms with Crippen molar-refractivity contribution < 1.29 is 28.9 Å². The summed E-state index contributed by atoms with van der Waals surface area (Å²) in [6.45, 7) is 7.73. The monoisotopic (exact) mass is 354 g/mol. The van der Waals surface area contributed by atoms with Crippen molar-refractivity contribution in [3.63, 3.8) is 0 Å². The molecule has 6 nitrogen and oxygen atoms in total. The van der Waals surface area contributed by atoms with E-state index < -0.39 is 23.3 Å². The van der Waals surface area contributed by atoms with Gasteiger partial charge in [-0.1, -0.05) is 6.92 Å². The van der Waals surface area contributed by atoms with E-state index in [4.69, 9.17) is 14.2 Å². The van der Waals surface area contributed by atoms with Gasteiger partial charge in [0.2, 0.25) is 0 Å². The Morgan fingerprint density at radius 3 is 2.52 bits per heavy atom. The van der Waals surface area contributed by atoms with Gasteiger partial charge in [-0.2, -0.15) is 0 Å². The van der Waals surface area contributed by atoms with E-state index >= 15 is 0 Å². The van der Waals surface area contributed by atoms with Crippen LogP contribution in [-0.4, -0.2) is 42.1 Å². The summed E-state index contributed by atoms with van der Waals surface area (Å²) in [6.07, 6.45) is 3.34. The molecule has 3 rings (SSSR count). The number of aliphatic hydroxyl groups excluding tert-OH is 1. The lowest BCUT2D eigenvalue weighted by Crippen LogP contribution is -2.46. The van der Waals surface area contributed by atoms with Gasteiger partial charge in [0.05, 0.1) is 12.0 Å². The van der Waals surface area contributed by atoms with Gasteiger partial charge in [0, 0.05) is 5.41 Å². The van der Waals surface area contributed by atoms with E-state index in [0.29, 0.717) is 18.9 Å². The molecule has 6 heteroatoms. The van der Waals surface area contributed by atoms with E-state index in [9.17, 15) is 14.7 Å². The Hall–Kier alpha value is -1.14. The summed E-state index contributed by atoms with van der Waals surface area (Å²) in [6, 6.07) is 0. The fourth-order valence-corrected chi connectivity index (χ4v) is 4.83. The van der Waals surface area contributed by atoms with Crippen molar-refractivity contribution in [1.82, 2.24) is 0 Å². The van der Waals surface area contributed by atoms with Crippen molar-refractivity contribution in [1.29, 1.82) is 0 Å². The quantitative estimate of drug-likeness (QED) is 0.764. The molecule has 1 spiro atoms. The van der Waals surface area contributed by atoms with Crippen LogP contribution in [0.5, 0.6) is 0 Å². The third-order valence-corrected chi connectivity index (χ3v) is 6.96. The van der Waals surface area contributed by atoms with Gasteiger partial charge in [-0.05, 0) is 64.7 Å². The van der Waals surface area contributed by atoms with Crippen molar-refractivity contribution in [3.8, 4) is 0 Å². The molecule has 3 fully saturated rings.